The van der Waals surface area contributed by atoms with E-state index in [1.165, 1.54) is 30.7 Å². The molecule has 0 amide bonds. The van der Waals surface area contributed by atoms with E-state index in [2.05, 4.69) is 15.1 Å². The molecule has 0 aliphatic carbocycles. The Balaban J connectivity index is 1.76. The third-order valence-electron chi connectivity index (χ3n) is 4.05. The van der Waals surface area contributed by atoms with E-state index in [1.807, 2.05) is 0 Å². The van der Waals surface area contributed by atoms with Crippen molar-refractivity contribution in [3.8, 4) is 0 Å². The molecule has 1 fully saturated rings. The van der Waals surface area contributed by atoms with Crippen LogP contribution in [0, 0.1) is 11.6 Å². The molecule has 2 atom stereocenters. The summed E-state index contributed by atoms with van der Waals surface area (Å²) >= 11 is 5.77. The Labute approximate surface area is 140 Å². The van der Waals surface area contributed by atoms with Crippen molar-refractivity contribution in [2.45, 2.75) is 18.2 Å². The molecule has 1 aromatic carbocycles. The van der Waals surface area contributed by atoms with E-state index < -0.39 is 17.5 Å². The zero-order chi connectivity index (χ0) is 16.7. The first-order valence-electron chi connectivity index (χ1n) is 7.16. The van der Waals surface area contributed by atoms with E-state index in [-0.39, 0.29) is 11.0 Å². The van der Waals surface area contributed by atoms with Gasteiger partial charge in [-0.25, -0.2) is 23.4 Å². The zero-order valence-electron chi connectivity index (χ0n) is 12.2. The Morgan fingerprint density at radius 2 is 2.00 bits per heavy atom. The minimum Gasteiger partial charge on any atom is -0.354 e. The summed E-state index contributed by atoms with van der Waals surface area (Å²) in [6.45, 7) is 0.308. The Bertz CT molecular complexity index is 872. The summed E-state index contributed by atoms with van der Waals surface area (Å²) in [7, 11) is 0. The van der Waals surface area contributed by atoms with Gasteiger partial charge in [0.25, 0.3) is 0 Å². The summed E-state index contributed by atoms with van der Waals surface area (Å²) in [6.07, 6.45) is 3.79. The molecule has 5 nitrogen and oxygen atoms in total. The summed E-state index contributed by atoms with van der Waals surface area (Å²) < 4.78 is 35.1. The van der Waals surface area contributed by atoms with E-state index in [0.717, 1.165) is 5.56 Å². The van der Waals surface area contributed by atoms with Crippen molar-refractivity contribution in [2.75, 3.05) is 0 Å². The van der Waals surface area contributed by atoms with Crippen LogP contribution < -0.4 is 0 Å². The number of halogens is 3. The standard InChI is InChI=1S/C16H11ClF2N4O/c17-15-13(19)12(5-6-21-15)14-16(24-14,7-23-9-20-8-22-23)10-1-3-11(18)4-2-10/h1-6,8-9,14H,7H2/t14-,16+/m0/s1. The van der Waals surface area contributed by atoms with Crippen LogP contribution >= 0.6 is 11.6 Å². The number of epoxide rings is 1. The number of hydrogen-bond acceptors (Lipinski definition) is 4. The zero-order valence-corrected chi connectivity index (χ0v) is 13.0. The lowest BCUT2D eigenvalue weighted by molar-refractivity contribution is 0.262. The molecular formula is C16H11ClF2N4O. The summed E-state index contributed by atoms with van der Waals surface area (Å²) in [4.78, 5) is 7.62. The van der Waals surface area contributed by atoms with Crippen LogP contribution in [-0.2, 0) is 16.9 Å². The molecule has 0 spiro atoms. The Morgan fingerprint density at radius 3 is 2.71 bits per heavy atom. The van der Waals surface area contributed by atoms with Crippen LogP contribution in [0.1, 0.15) is 17.2 Å². The highest BCUT2D eigenvalue weighted by Gasteiger charge is 2.60. The van der Waals surface area contributed by atoms with Gasteiger partial charge in [0.15, 0.2) is 11.0 Å². The highest BCUT2D eigenvalue weighted by molar-refractivity contribution is 6.29. The van der Waals surface area contributed by atoms with Crippen LogP contribution in [0.25, 0.3) is 0 Å². The molecule has 8 heteroatoms. The molecule has 122 valence electrons. The van der Waals surface area contributed by atoms with Gasteiger partial charge in [-0.3, -0.25) is 0 Å². The maximum atomic E-state index is 14.3. The first kappa shape index (κ1) is 15.2. The van der Waals surface area contributed by atoms with Crippen molar-refractivity contribution in [2.24, 2.45) is 0 Å². The van der Waals surface area contributed by atoms with Crippen LogP contribution in [0.2, 0.25) is 5.15 Å². The Kier molecular flexibility index (Phi) is 3.54. The molecule has 1 aliphatic heterocycles. The first-order valence-corrected chi connectivity index (χ1v) is 7.54. The number of hydrogen-bond donors (Lipinski definition) is 0. The highest BCUT2D eigenvalue weighted by atomic mass is 35.5. The fourth-order valence-corrected chi connectivity index (χ4v) is 3.01. The van der Waals surface area contributed by atoms with Crippen LogP contribution in [0.3, 0.4) is 0 Å². The average Bonchev–Trinajstić information content (AvgIpc) is 3.05. The molecule has 1 saturated heterocycles. The number of benzene rings is 1. The quantitative estimate of drug-likeness (QED) is 0.536. The van der Waals surface area contributed by atoms with Gasteiger partial charge in [-0.2, -0.15) is 5.10 Å². The molecule has 0 bridgehead atoms. The van der Waals surface area contributed by atoms with Gasteiger partial charge in [0, 0.05) is 11.8 Å². The number of pyridine rings is 1. The van der Waals surface area contributed by atoms with Crippen molar-refractivity contribution >= 4 is 11.6 Å². The topological polar surface area (TPSA) is 56.1 Å². The molecule has 24 heavy (non-hydrogen) atoms. The Hall–Kier alpha value is -2.38. The fourth-order valence-electron chi connectivity index (χ4n) is 2.84. The summed E-state index contributed by atoms with van der Waals surface area (Å²) in [5.74, 6) is -0.975. The van der Waals surface area contributed by atoms with Crippen LogP contribution in [-0.4, -0.2) is 19.7 Å². The molecule has 0 radical (unpaired) electrons. The van der Waals surface area contributed by atoms with E-state index >= 15 is 0 Å². The maximum absolute atomic E-state index is 14.3. The number of rotatable bonds is 4. The summed E-state index contributed by atoms with van der Waals surface area (Å²) in [5, 5.41) is 3.86. The van der Waals surface area contributed by atoms with Gasteiger partial charge in [-0.05, 0) is 23.8 Å². The molecule has 0 N–H and O–H groups in total. The van der Waals surface area contributed by atoms with Crippen molar-refractivity contribution in [3.63, 3.8) is 0 Å². The first-order chi connectivity index (χ1) is 11.6. The van der Waals surface area contributed by atoms with Crippen molar-refractivity contribution in [1.29, 1.82) is 0 Å². The Morgan fingerprint density at radius 1 is 1.21 bits per heavy atom. The second-order valence-electron chi connectivity index (χ2n) is 5.49. The molecule has 2 aromatic heterocycles. The van der Waals surface area contributed by atoms with Crippen molar-refractivity contribution in [1.82, 2.24) is 19.7 Å². The third kappa shape index (κ3) is 2.46. The van der Waals surface area contributed by atoms with Gasteiger partial charge in [-0.15, -0.1) is 0 Å². The number of nitrogens with zero attached hydrogens (tertiary/aromatic N) is 4. The molecule has 3 aromatic rings. The summed E-state index contributed by atoms with van der Waals surface area (Å²) in [6, 6.07) is 7.44. The van der Waals surface area contributed by atoms with E-state index in [0.29, 0.717) is 12.1 Å². The van der Waals surface area contributed by atoms with Crippen molar-refractivity contribution in [3.05, 3.63) is 77.1 Å². The molecule has 1 aliphatic rings. The van der Waals surface area contributed by atoms with Crippen LogP contribution in [0.4, 0.5) is 8.78 Å². The second-order valence-corrected chi connectivity index (χ2v) is 5.85. The van der Waals surface area contributed by atoms with Gasteiger partial charge < -0.3 is 4.74 Å². The summed E-state index contributed by atoms with van der Waals surface area (Å²) in [5.41, 5.74) is 0.156. The predicted octanol–water partition coefficient (Wildman–Crippen LogP) is 3.27. The lowest BCUT2D eigenvalue weighted by Gasteiger charge is -2.14. The lowest BCUT2D eigenvalue weighted by Crippen LogP contribution is -2.19. The minimum atomic E-state index is -0.868. The highest BCUT2D eigenvalue weighted by Crippen LogP contribution is 2.58. The molecule has 0 saturated carbocycles. The molecule has 3 heterocycles. The van der Waals surface area contributed by atoms with E-state index in [1.54, 1.807) is 23.1 Å². The van der Waals surface area contributed by atoms with Gasteiger partial charge in [0.05, 0.1) is 6.54 Å². The minimum absolute atomic E-state index is 0.211. The van der Waals surface area contributed by atoms with Crippen LogP contribution in [0.15, 0.2) is 49.2 Å². The lowest BCUT2D eigenvalue weighted by atomic mass is 9.91. The van der Waals surface area contributed by atoms with Gasteiger partial charge >= 0.3 is 0 Å². The average molecular weight is 349 g/mol. The van der Waals surface area contributed by atoms with Gasteiger partial charge in [0.1, 0.15) is 30.2 Å². The third-order valence-corrected chi connectivity index (χ3v) is 4.31. The monoisotopic (exact) mass is 348 g/mol. The number of ether oxygens (including phenoxy) is 1. The second kappa shape index (κ2) is 5.61. The molecule has 0 unspecified atom stereocenters. The molecule has 4 rings (SSSR count). The van der Waals surface area contributed by atoms with Crippen molar-refractivity contribution < 1.29 is 13.5 Å². The SMILES string of the molecule is Fc1ccc([C@@]2(Cn3cncn3)O[C@H]2c2ccnc(Cl)c2F)cc1. The van der Waals surface area contributed by atoms with Gasteiger partial charge in [0.2, 0.25) is 0 Å². The maximum Gasteiger partial charge on any atom is 0.166 e. The van der Waals surface area contributed by atoms with E-state index in [9.17, 15) is 8.78 Å². The normalized spacial score (nSPS) is 22.5. The number of aromatic nitrogens is 4. The molecular weight excluding hydrogens is 338 g/mol. The fraction of sp³-hybridized carbons (Fsp3) is 0.188. The van der Waals surface area contributed by atoms with Gasteiger partial charge in [-0.1, -0.05) is 23.7 Å². The van der Waals surface area contributed by atoms with Crippen LogP contribution in [0.5, 0.6) is 0 Å². The largest absolute Gasteiger partial charge is 0.354 e. The smallest absolute Gasteiger partial charge is 0.166 e. The van der Waals surface area contributed by atoms with E-state index in [4.69, 9.17) is 16.3 Å². The predicted molar refractivity (Wildman–Crippen MR) is 81.1 cm³/mol.